The van der Waals surface area contributed by atoms with Gasteiger partial charge in [0, 0.05) is 37.7 Å². The molecule has 3 rings (SSSR count). The fourth-order valence-electron chi connectivity index (χ4n) is 3.41. The van der Waals surface area contributed by atoms with E-state index in [-0.39, 0.29) is 0 Å². The Labute approximate surface area is 172 Å². The first-order valence-electron chi connectivity index (χ1n) is 9.78. The molecule has 0 aromatic heterocycles. The number of hydrogen-bond donors (Lipinski definition) is 3. The van der Waals surface area contributed by atoms with Crippen LogP contribution in [0.2, 0.25) is 5.02 Å². The zero-order chi connectivity index (χ0) is 19.8. The molecular formula is C22H29ClN4O. The number of hydrogen-bond acceptors (Lipinski definition) is 5. The summed E-state index contributed by atoms with van der Waals surface area (Å²) in [5.41, 5.74) is 2.42. The second-order valence-corrected chi connectivity index (χ2v) is 7.69. The number of aliphatic hydroxyl groups is 1. The van der Waals surface area contributed by atoms with E-state index in [1.165, 1.54) is 11.1 Å². The fraction of sp³-hybridized carbons (Fsp3) is 0.409. The molecule has 0 radical (unpaired) electrons. The summed E-state index contributed by atoms with van der Waals surface area (Å²) in [6.45, 7) is 6.59. The largest absolute Gasteiger partial charge is 0.373 e. The minimum absolute atomic E-state index is 0.608. The maximum Gasteiger partial charge on any atom is 0.139 e. The topological polar surface area (TPSA) is 59.9 Å². The quantitative estimate of drug-likeness (QED) is 0.642. The van der Waals surface area contributed by atoms with Crippen molar-refractivity contribution in [1.29, 1.82) is 0 Å². The minimum Gasteiger partial charge on any atom is -0.373 e. The van der Waals surface area contributed by atoms with Gasteiger partial charge in [-0.2, -0.15) is 0 Å². The molecule has 150 valence electrons. The Balaban J connectivity index is 1.48. The smallest absolute Gasteiger partial charge is 0.139 e. The summed E-state index contributed by atoms with van der Waals surface area (Å²) in [4.78, 5) is 6.58. The van der Waals surface area contributed by atoms with E-state index in [9.17, 15) is 5.11 Å². The molecule has 1 unspecified atom stereocenters. The first kappa shape index (κ1) is 20.8. The van der Waals surface area contributed by atoms with Crippen molar-refractivity contribution >= 4 is 23.5 Å². The van der Waals surface area contributed by atoms with Crippen molar-refractivity contribution in [3.8, 4) is 0 Å². The molecule has 2 aliphatic rings. The Hall–Kier alpha value is -1.92. The summed E-state index contributed by atoms with van der Waals surface area (Å²) in [5, 5.41) is 18.0. The van der Waals surface area contributed by atoms with Crippen molar-refractivity contribution in [2.45, 2.75) is 19.1 Å². The molecule has 1 atom stereocenters. The van der Waals surface area contributed by atoms with Crippen LogP contribution in [-0.4, -0.2) is 61.3 Å². The van der Waals surface area contributed by atoms with E-state index in [0.717, 1.165) is 36.7 Å². The van der Waals surface area contributed by atoms with Crippen molar-refractivity contribution in [3.63, 3.8) is 0 Å². The molecule has 0 saturated carbocycles. The lowest BCUT2D eigenvalue weighted by atomic mass is 9.99. The maximum absolute atomic E-state index is 10.9. The van der Waals surface area contributed by atoms with E-state index in [0.29, 0.717) is 19.6 Å². The van der Waals surface area contributed by atoms with Gasteiger partial charge in [-0.3, -0.25) is 15.2 Å². The number of nitrogens with one attached hydrogen (secondary N) is 2. The normalized spacial score (nSPS) is 23.2. The third kappa shape index (κ3) is 6.04. The Morgan fingerprint density at radius 1 is 1.29 bits per heavy atom. The molecule has 0 saturated heterocycles. The van der Waals surface area contributed by atoms with Crippen LogP contribution in [-0.2, 0) is 0 Å². The van der Waals surface area contributed by atoms with Gasteiger partial charge < -0.3 is 10.4 Å². The first-order chi connectivity index (χ1) is 13.5. The summed E-state index contributed by atoms with van der Waals surface area (Å²) in [7, 11) is 0. The lowest BCUT2D eigenvalue weighted by Crippen LogP contribution is -2.47. The zero-order valence-corrected chi connectivity index (χ0v) is 17.1. The molecule has 5 nitrogen and oxygen atoms in total. The van der Waals surface area contributed by atoms with Crippen molar-refractivity contribution in [2.75, 3.05) is 39.3 Å². The second kappa shape index (κ2) is 10.0. The summed E-state index contributed by atoms with van der Waals surface area (Å²) < 4.78 is 0. The molecule has 1 aromatic carbocycles. The van der Waals surface area contributed by atoms with Crippen molar-refractivity contribution in [2.24, 2.45) is 4.99 Å². The van der Waals surface area contributed by atoms with Crippen LogP contribution < -0.4 is 10.6 Å². The second-order valence-electron chi connectivity index (χ2n) is 7.25. The first-order valence-corrected chi connectivity index (χ1v) is 10.2. The Kier molecular flexibility index (Phi) is 7.45. The number of halogens is 1. The number of aliphatic imine (C=N–C) groups is 1. The molecule has 0 aliphatic carbocycles. The van der Waals surface area contributed by atoms with E-state index < -0.39 is 5.72 Å². The van der Waals surface area contributed by atoms with Crippen LogP contribution >= 0.6 is 11.6 Å². The maximum atomic E-state index is 10.9. The molecule has 0 bridgehead atoms. The summed E-state index contributed by atoms with van der Waals surface area (Å²) in [6.07, 6.45) is 10.9. The van der Waals surface area contributed by atoms with Gasteiger partial charge in [0.1, 0.15) is 5.72 Å². The Morgan fingerprint density at radius 2 is 2.11 bits per heavy atom. The molecule has 2 aliphatic heterocycles. The predicted molar refractivity (Wildman–Crippen MR) is 118 cm³/mol. The fourth-order valence-corrected chi connectivity index (χ4v) is 3.53. The molecule has 28 heavy (non-hydrogen) atoms. The highest BCUT2D eigenvalue weighted by Crippen LogP contribution is 2.23. The van der Waals surface area contributed by atoms with Crippen molar-refractivity contribution in [1.82, 2.24) is 15.5 Å². The van der Waals surface area contributed by atoms with Crippen LogP contribution in [0.15, 0.2) is 59.1 Å². The van der Waals surface area contributed by atoms with Gasteiger partial charge in [0.15, 0.2) is 0 Å². The van der Waals surface area contributed by atoms with Crippen LogP contribution in [0.1, 0.15) is 18.9 Å². The lowest BCUT2D eigenvalue weighted by Gasteiger charge is -2.30. The average molecular weight is 401 g/mol. The van der Waals surface area contributed by atoms with Gasteiger partial charge in [-0.15, -0.1) is 0 Å². The highest BCUT2D eigenvalue weighted by molar-refractivity contribution is 6.30. The molecule has 3 N–H and O–H groups in total. The summed E-state index contributed by atoms with van der Waals surface area (Å²) >= 11 is 5.98. The van der Waals surface area contributed by atoms with Crippen LogP contribution in [0.4, 0.5) is 0 Å². The van der Waals surface area contributed by atoms with Crippen molar-refractivity contribution in [3.05, 3.63) is 64.7 Å². The molecule has 0 fully saturated rings. The minimum atomic E-state index is -1.07. The van der Waals surface area contributed by atoms with E-state index in [1.807, 2.05) is 30.4 Å². The number of benzene rings is 1. The van der Waals surface area contributed by atoms with Crippen LogP contribution in [0.3, 0.4) is 0 Å². The third-order valence-corrected chi connectivity index (χ3v) is 5.35. The predicted octanol–water partition coefficient (Wildman–Crippen LogP) is 2.84. The summed E-state index contributed by atoms with van der Waals surface area (Å²) in [5.74, 6) is 0. The van der Waals surface area contributed by atoms with Crippen LogP contribution in [0.5, 0.6) is 0 Å². The van der Waals surface area contributed by atoms with E-state index in [4.69, 9.17) is 11.6 Å². The lowest BCUT2D eigenvalue weighted by molar-refractivity contribution is 0.0620. The molecule has 6 heteroatoms. The SMILES string of the molecule is CC(O)(NCCN1CC=C(c2ccc(Cl)cc2)CC1)C1=C/CNC=NC/C=C\1. The van der Waals surface area contributed by atoms with Gasteiger partial charge in [-0.25, -0.2) is 0 Å². The van der Waals surface area contributed by atoms with Crippen LogP contribution in [0.25, 0.3) is 5.57 Å². The highest BCUT2D eigenvalue weighted by atomic mass is 35.5. The average Bonchev–Trinajstić information content (AvgIpc) is 2.83. The van der Waals surface area contributed by atoms with E-state index in [1.54, 1.807) is 13.3 Å². The molecule has 0 spiro atoms. The van der Waals surface area contributed by atoms with Gasteiger partial charge in [0.05, 0.1) is 12.9 Å². The van der Waals surface area contributed by atoms with Gasteiger partial charge in [-0.1, -0.05) is 48.0 Å². The standard InChI is InChI=1S/C22H29ClN4O/c1-22(28,20-3-2-11-24-17-25-12-8-20)26-13-16-27-14-9-19(10-15-27)18-4-6-21(23)7-5-18/h2-9,17,26,28H,10-16H2,1H3,(H,24,25)/b3-2-,20-8+. The van der Waals surface area contributed by atoms with Gasteiger partial charge in [0.2, 0.25) is 0 Å². The molecular weight excluding hydrogens is 372 g/mol. The van der Waals surface area contributed by atoms with E-state index in [2.05, 4.69) is 38.7 Å². The summed E-state index contributed by atoms with van der Waals surface area (Å²) in [6, 6.07) is 8.05. The Morgan fingerprint density at radius 3 is 2.86 bits per heavy atom. The van der Waals surface area contributed by atoms with Gasteiger partial charge in [0.25, 0.3) is 0 Å². The highest BCUT2D eigenvalue weighted by Gasteiger charge is 2.23. The monoisotopic (exact) mass is 400 g/mol. The Bertz CT molecular complexity index is 765. The van der Waals surface area contributed by atoms with Crippen molar-refractivity contribution < 1.29 is 5.11 Å². The number of nitrogens with zero attached hydrogens (tertiary/aromatic N) is 2. The molecule has 2 heterocycles. The van der Waals surface area contributed by atoms with E-state index >= 15 is 0 Å². The van der Waals surface area contributed by atoms with Gasteiger partial charge in [-0.05, 0) is 42.2 Å². The zero-order valence-electron chi connectivity index (χ0n) is 16.4. The van der Waals surface area contributed by atoms with Crippen LogP contribution in [0, 0.1) is 0 Å². The third-order valence-electron chi connectivity index (χ3n) is 5.10. The molecule has 0 amide bonds. The number of rotatable bonds is 6. The van der Waals surface area contributed by atoms with Gasteiger partial charge >= 0.3 is 0 Å². The molecule has 1 aromatic rings.